The van der Waals surface area contributed by atoms with Crippen LogP contribution in [0.1, 0.15) is 36.1 Å². The minimum Gasteiger partial charge on any atom is -0.448 e. The van der Waals surface area contributed by atoms with E-state index in [2.05, 4.69) is 12.2 Å². The molecule has 0 aromatic heterocycles. The van der Waals surface area contributed by atoms with Gasteiger partial charge in [-0.2, -0.15) is 0 Å². The van der Waals surface area contributed by atoms with Gasteiger partial charge in [0.15, 0.2) is 6.10 Å². The number of esters is 1. The Morgan fingerprint density at radius 3 is 2.15 bits per heavy atom. The molecule has 0 spiro atoms. The van der Waals surface area contributed by atoms with E-state index in [4.69, 9.17) is 4.74 Å². The van der Waals surface area contributed by atoms with Crippen molar-refractivity contribution in [1.82, 2.24) is 10.2 Å². The van der Waals surface area contributed by atoms with Crippen molar-refractivity contribution in [3.8, 4) is 0 Å². The molecule has 0 bridgehead atoms. The van der Waals surface area contributed by atoms with Gasteiger partial charge >= 0.3 is 5.97 Å². The van der Waals surface area contributed by atoms with Crippen LogP contribution in [-0.4, -0.2) is 45.6 Å². The quantitative estimate of drug-likeness (QED) is 0.268. The molecule has 39 heavy (non-hydrogen) atoms. The highest BCUT2D eigenvalue weighted by atomic mass is 32.2. The highest BCUT2D eigenvalue weighted by molar-refractivity contribution is 8.06. The van der Waals surface area contributed by atoms with Crippen molar-refractivity contribution in [2.24, 2.45) is 0 Å². The first-order valence-electron chi connectivity index (χ1n) is 13.0. The maximum Gasteiger partial charge on any atom is 0.356 e. The Bertz CT molecular complexity index is 1310. The lowest BCUT2D eigenvalue weighted by Gasteiger charge is -2.49. The first kappa shape index (κ1) is 27.1. The van der Waals surface area contributed by atoms with Crippen molar-refractivity contribution in [2.75, 3.05) is 11.5 Å². The molecule has 0 radical (unpaired) electrons. The minimum atomic E-state index is -0.675. The third-order valence-electron chi connectivity index (χ3n) is 6.56. The lowest BCUT2D eigenvalue weighted by molar-refractivity contribution is -0.154. The Labute approximate surface area is 237 Å². The van der Waals surface area contributed by atoms with Gasteiger partial charge in [0.1, 0.15) is 17.1 Å². The summed E-state index contributed by atoms with van der Waals surface area (Å²) in [5.41, 5.74) is 2.88. The van der Waals surface area contributed by atoms with Gasteiger partial charge in [-0.3, -0.25) is 14.5 Å². The van der Waals surface area contributed by atoms with Crippen molar-refractivity contribution < 1.29 is 19.1 Å². The number of nitrogens with zero attached hydrogens (tertiary/aromatic N) is 1. The third-order valence-corrected chi connectivity index (χ3v) is 9.32. The van der Waals surface area contributed by atoms with E-state index in [1.165, 1.54) is 4.90 Å². The molecule has 1 unspecified atom stereocenters. The maximum absolute atomic E-state index is 13.9. The molecule has 6 nitrogen and oxygen atoms in total. The Kier molecular flexibility index (Phi) is 8.74. The van der Waals surface area contributed by atoms with Gasteiger partial charge in [0.25, 0.3) is 5.91 Å². The fourth-order valence-corrected chi connectivity index (χ4v) is 7.17. The second-order valence-electron chi connectivity index (χ2n) is 9.34. The smallest absolute Gasteiger partial charge is 0.356 e. The van der Waals surface area contributed by atoms with Crippen LogP contribution in [0.25, 0.3) is 0 Å². The summed E-state index contributed by atoms with van der Waals surface area (Å²) in [5.74, 6) is 0.380. The summed E-state index contributed by atoms with van der Waals surface area (Å²) in [4.78, 5) is 42.3. The first-order valence-corrected chi connectivity index (χ1v) is 15.0. The van der Waals surface area contributed by atoms with Crippen molar-refractivity contribution in [3.63, 3.8) is 0 Å². The molecular weight excluding hydrogens is 528 g/mol. The second-order valence-corrected chi connectivity index (χ2v) is 11.6. The van der Waals surface area contributed by atoms with Gasteiger partial charge in [-0.25, -0.2) is 4.79 Å². The largest absolute Gasteiger partial charge is 0.448 e. The number of fused-ring (bicyclic) bond motifs is 1. The first-order chi connectivity index (χ1) is 19.1. The molecule has 2 atom stereocenters. The van der Waals surface area contributed by atoms with E-state index in [0.717, 1.165) is 33.8 Å². The van der Waals surface area contributed by atoms with E-state index >= 15 is 0 Å². The number of carbonyl (C=O) groups is 3. The van der Waals surface area contributed by atoms with Gasteiger partial charge in [0.2, 0.25) is 5.91 Å². The molecule has 8 heteroatoms. The number of ether oxygens (including phenoxy) is 1. The van der Waals surface area contributed by atoms with Gasteiger partial charge in [-0.05, 0) is 28.9 Å². The summed E-state index contributed by atoms with van der Waals surface area (Å²) >= 11 is 3.16. The molecule has 0 saturated carbocycles. The maximum atomic E-state index is 13.9. The molecule has 3 aromatic rings. The molecule has 5 rings (SSSR count). The average molecular weight is 559 g/mol. The number of carbonyl (C=O) groups excluding carboxylic acids is 3. The Morgan fingerprint density at radius 1 is 0.974 bits per heavy atom. The molecule has 3 aromatic carbocycles. The van der Waals surface area contributed by atoms with Crippen molar-refractivity contribution >= 4 is 41.3 Å². The number of benzene rings is 3. The molecule has 200 valence electrons. The van der Waals surface area contributed by atoms with E-state index in [1.807, 2.05) is 91.0 Å². The summed E-state index contributed by atoms with van der Waals surface area (Å²) in [6, 6.07) is 28.0. The number of hydrogen-bond acceptors (Lipinski definition) is 6. The van der Waals surface area contributed by atoms with Crippen LogP contribution in [0.4, 0.5) is 0 Å². The van der Waals surface area contributed by atoms with Gasteiger partial charge in [-0.15, -0.1) is 23.5 Å². The number of hydrogen-bond donors (Lipinski definition) is 1. The fourth-order valence-electron chi connectivity index (χ4n) is 4.67. The topological polar surface area (TPSA) is 75.7 Å². The highest BCUT2D eigenvalue weighted by Crippen LogP contribution is 2.44. The predicted octanol–water partition coefficient (Wildman–Crippen LogP) is 5.32. The number of thioether (sulfide) groups is 2. The summed E-state index contributed by atoms with van der Waals surface area (Å²) in [6.07, 6.45) is 0.517. The molecule has 1 saturated heterocycles. The zero-order valence-electron chi connectivity index (χ0n) is 21.6. The van der Waals surface area contributed by atoms with E-state index in [1.54, 1.807) is 23.5 Å². The summed E-state index contributed by atoms with van der Waals surface area (Å²) in [6.45, 7) is 2.08. The van der Waals surface area contributed by atoms with Crippen LogP contribution in [0.3, 0.4) is 0 Å². The standard InChI is InChI=1S/C31H30N2O4S2/c1-2-18-38-24-20-39-30-26(32-25(34)19-21-12-6-3-7-13-21)29(35)33(30)27(24)31(36)37-28(22-14-8-4-9-15-22)23-16-10-5-11-17-23/h3-17,26,28,30H,2,18-20H2,1H3,(H,32,34)/t26?,30-/m1/s1. The fraction of sp³-hybridized carbons (Fsp3) is 0.258. The Hall–Kier alpha value is -3.49. The SMILES string of the molecule is CCCSC1=C(C(=O)OC(c2ccccc2)c2ccccc2)N2C(=O)C(NC(=O)Cc3ccccc3)[C@H]2SC1. The molecule has 1 fully saturated rings. The van der Waals surface area contributed by atoms with Crippen LogP contribution in [0.15, 0.2) is 102 Å². The van der Waals surface area contributed by atoms with Crippen LogP contribution >= 0.6 is 23.5 Å². The molecule has 2 aliphatic heterocycles. The Balaban J connectivity index is 1.37. The van der Waals surface area contributed by atoms with Crippen LogP contribution in [-0.2, 0) is 25.5 Å². The van der Waals surface area contributed by atoms with E-state index in [-0.39, 0.29) is 23.6 Å². The zero-order valence-corrected chi connectivity index (χ0v) is 23.3. The lowest BCUT2D eigenvalue weighted by atomic mass is 10.0. The van der Waals surface area contributed by atoms with Crippen LogP contribution in [0.5, 0.6) is 0 Å². The predicted molar refractivity (Wildman–Crippen MR) is 156 cm³/mol. The van der Waals surface area contributed by atoms with E-state index in [0.29, 0.717) is 11.4 Å². The van der Waals surface area contributed by atoms with Gasteiger partial charge in [0, 0.05) is 10.7 Å². The minimum absolute atomic E-state index is 0.195. The average Bonchev–Trinajstić information content (AvgIpc) is 2.98. The lowest BCUT2D eigenvalue weighted by Crippen LogP contribution is -2.70. The number of amides is 2. The van der Waals surface area contributed by atoms with Gasteiger partial charge < -0.3 is 10.1 Å². The van der Waals surface area contributed by atoms with Crippen LogP contribution in [0, 0.1) is 0 Å². The van der Waals surface area contributed by atoms with Crippen molar-refractivity contribution in [1.29, 1.82) is 0 Å². The molecule has 2 heterocycles. The normalized spacial score (nSPS) is 18.4. The van der Waals surface area contributed by atoms with Crippen molar-refractivity contribution in [3.05, 3.63) is 118 Å². The summed E-state index contributed by atoms with van der Waals surface area (Å²) < 4.78 is 6.17. The van der Waals surface area contributed by atoms with Crippen molar-refractivity contribution in [2.45, 2.75) is 37.3 Å². The molecular formula is C31H30N2O4S2. The number of β-lactam (4-membered cyclic amide) rings is 1. The zero-order chi connectivity index (χ0) is 27.2. The Morgan fingerprint density at radius 2 is 1.56 bits per heavy atom. The molecule has 0 aliphatic carbocycles. The summed E-state index contributed by atoms with van der Waals surface area (Å²) in [5, 5.41) is 2.54. The summed E-state index contributed by atoms with van der Waals surface area (Å²) in [7, 11) is 0. The van der Waals surface area contributed by atoms with E-state index < -0.39 is 18.1 Å². The van der Waals surface area contributed by atoms with E-state index in [9.17, 15) is 14.4 Å². The van der Waals surface area contributed by atoms with Crippen LogP contribution in [0.2, 0.25) is 0 Å². The van der Waals surface area contributed by atoms with Crippen LogP contribution < -0.4 is 5.32 Å². The monoisotopic (exact) mass is 558 g/mol. The molecule has 1 N–H and O–H groups in total. The third kappa shape index (κ3) is 6.07. The highest BCUT2D eigenvalue weighted by Gasteiger charge is 2.54. The molecule has 2 amide bonds. The number of nitrogens with one attached hydrogen (secondary N) is 1. The second kappa shape index (κ2) is 12.6. The molecule has 2 aliphatic rings. The van der Waals surface area contributed by atoms with Gasteiger partial charge in [-0.1, -0.05) is 97.9 Å². The van der Waals surface area contributed by atoms with Gasteiger partial charge in [0.05, 0.1) is 6.42 Å². The number of rotatable bonds is 10.